The van der Waals surface area contributed by atoms with Gasteiger partial charge in [-0.25, -0.2) is 0 Å². The molecule has 0 saturated carbocycles. The van der Waals surface area contributed by atoms with Gasteiger partial charge in [-0.2, -0.15) is 0 Å². The predicted octanol–water partition coefficient (Wildman–Crippen LogP) is 4.46. The quantitative estimate of drug-likeness (QED) is 0.667. The van der Waals surface area contributed by atoms with Gasteiger partial charge in [-0.1, -0.05) is 6.07 Å². The first-order chi connectivity index (χ1) is 9.08. The largest absolute Gasteiger partial charge is 0.329 e. The average Bonchev–Trinajstić information content (AvgIpc) is 2.65. The van der Waals surface area contributed by atoms with Gasteiger partial charge in [0.1, 0.15) is 0 Å². The zero-order chi connectivity index (χ0) is 13.6. The predicted molar refractivity (Wildman–Crippen MR) is 83.4 cm³/mol. The number of halogens is 1. The van der Waals surface area contributed by atoms with Crippen LogP contribution < -0.4 is 0 Å². The fourth-order valence-electron chi connectivity index (χ4n) is 2.37. The van der Waals surface area contributed by atoms with Crippen LogP contribution in [0.2, 0.25) is 0 Å². The second-order valence-electron chi connectivity index (χ2n) is 4.57. The molecule has 1 aromatic carbocycles. The molecule has 96 valence electrons. The van der Waals surface area contributed by atoms with E-state index in [1.807, 2.05) is 10.6 Å². The minimum Gasteiger partial charge on any atom is -0.329 e. The van der Waals surface area contributed by atoms with Crippen LogP contribution >= 0.6 is 28.1 Å². The topological polar surface area (TPSA) is 33.6 Å². The summed E-state index contributed by atoms with van der Waals surface area (Å²) in [6, 6.07) is 6.22. The minimum atomic E-state index is 0.677. The molecule has 0 aliphatic heterocycles. The second kappa shape index (κ2) is 4.58. The number of nitrogens with one attached hydrogen (secondary N) is 1. The third-order valence-corrected chi connectivity index (χ3v) is 3.99. The van der Waals surface area contributed by atoms with Gasteiger partial charge in [-0.3, -0.25) is 9.55 Å². The van der Waals surface area contributed by atoms with Crippen LogP contribution in [0.25, 0.3) is 16.7 Å². The molecule has 0 aliphatic carbocycles. The lowest BCUT2D eigenvalue weighted by Crippen LogP contribution is -1.99. The number of aromatic nitrogens is 3. The summed E-state index contributed by atoms with van der Waals surface area (Å²) in [6.45, 7) is 4.18. The number of hydrogen-bond acceptors (Lipinski definition) is 2. The van der Waals surface area contributed by atoms with E-state index in [-0.39, 0.29) is 0 Å². The number of hydrogen-bond donors (Lipinski definition) is 1. The van der Waals surface area contributed by atoms with E-state index >= 15 is 0 Å². The molecule has 19 heavy (non-hydrogen) atoms. The number of aryl methyl sites for hydroxylation is 2. The number of nitrogens with zero attached hydrogens (tertiary/aromatic N) is 2. The number of fused-ring (bicyclic) bond motifs is 1. The third-order valence-electron chi connectivity index (χ3n) is 3.11. The van der Waals surface area contributed by atoms with Gasteiger partial charge in [-0.05, 0) is 65.3 Å². The number of rotatable bonds is 1. The van der Waals surface area contributed by atoms with Crippen molar-refractivity contribution in [2.75, 3.05) is 0 Å². The van der Waals surface area contributed by atoms with Gasteiger partial charge in [0.05, 0.1) is 22.9 Å². The fourth-order valence-corrected chi connectivity index (χ4v) is 3.52. The maximum Gasteiger partial charge on any atom is 0.182 e. The summed E-state index contributed by atoms with van der Waals surface area (Å²) in [5.41, 5.74) is 5.46. The van der Waals surface area contributed by atoms with Gasteiger partial charge in [-0.15, -0.1) is 0 Å². The Morgan fingerprint density at radius 2 is 2.11 bits per heavy atom. The van der Waals surface area contributed by atoms with E-state index in [0.717, 1.165) is 21.2 Å². The van der Waals surface area contributed by atoms with Crippen molar-refractivity contribution in [3.63, 3.8) is 0 Å². The average molecular weight is 334 g/mol. The maximum atomic E-state index is 5.45. The highest BCUT2D eigenvalue weighted by Crippen LogP contribution is 2.29. The van der Waals surface area contributed by atoms with Crippen LogP contribution in [0.3, 0.4) is 0 Å². The first kappa shape index (κ1) is 12.6. The van der Waals surface area contributed by atoms with Crippen molar-refractivity contribution in [3.8, 4) is 5.69 Å². The van der Waals surface area contributed by atoms with Gasteiger partial charge >= 0.3 is 0 Å². The number of H-pyrrole nitrogens is 1. The standard InChI is InChI=1S/C14H12BrN3S/c1-8-5-9(2)13(10(15)6-8)18-12-3-4-16-7-11(12)17-14(18)19/h3-7H,1-2H3,(H,17,19). The zero-order valence-corrected chi connectivity index (χ0v) is 13.0. The summed E-state index contributed by atoms with van der Waals surface area (Å²) in [5.74, 6) is 0. The van der Waals surface area contributed by atoms with Crippen LogP contribution in [0.15, 0.2) is 35.1 Å². The minimum absolute atomic E-state index is 0.677. The Kier molecular flexibility index (Phi) is 3.03. The highest BCUT2D eigenvalue weighted by molar-refractivity contribution is 9.10. The van der Waals surface area contributed by atoms with Crippen molar-refractivity contribution < 1.29 is 0 Å². The molecule has 3 rings (SSSR count). The van der Waals surface area contributed by atoms with Crippen molar-refractivity contribution in [2.24, 2.45) is 0 Å². The lowest BCUT2D eigenvalue weighted by molar-refractivity contribution is 1.04. The molecule has 0 fully saturated rings. The van der Waals surface area contributed by atoms with Crippen molar-refractivity contribution in [1.29, 1.82) is 0 Å². The molecular weight excluding hydrogens is 322 g/mol. The van der Waals surface area contributed by atoms with E-state index in [9.17, 15) is 0 Å². The Labute approximate surface area is 124 Å². The van der Waals surface area contributed by atoms with E-state index in [1.54, 1.807) is 12.4 Å². The van der Waals surface area contributed by atoms with Gasteiger partial charge in [0, 0.05) is 10.7 Å². The summed E-state index contributed by atoms with van der Waals surface area (Å²) >= 11 is 9.09. The van der Waals surface area contributed by atoms with E-state index in [0.29, 0.717) is 4.77 Å². The normalized spacial score (nSPS) is 11.1. The van der Waals surface area contributed by atoms with Crippen molar-refractivity contribution in [2.45, 2.75) is 13.8 Å². The van der Waals surface area contributed by atoms with Gasteiger partial charge in [0.15, 0.2) is 4.77 Å². The fraction of sp³-hybridized carbons (Fsp3) is 0.143. The smallest absolute Gasteiger partial charge is 0.182 e. The van der Waals surface area contributed by atoms with Crippen molar-refractivity contribution in [1.82, 2.24) is 14.5 Å². The molecule has 3 aromatic rings. The van der Waals surface area contributed by atoms with Crippen LogP contribution in [-0.4, -0.2) is 14.5 Å². The number of benzene rings is 1. The zero-order valence-electron chi connectivity index (χ0n) is 10.6. The molecular formula is C14H12BrN3S. The van der Waals surface area contributed by atoms with Gasteiger partial charge in [0.25, 0.3) is 0 Å². The molecule has 0 spiro atoms. The lowest BCUT2D eigenvalue weighted by atomic mass is 10.1. The molecule has 0 unspecified atom stereocenters. The van der Waals surface area contributed by atoms with Crippen LogP contribution in [-0.2, 0) is 0 Å². The monoisotopic (exact) mass is 333 g/mol. The molecule has 0 atom stereocenters. The summed E-state index contributed by atoms with van der Waals surface area (Å²) in [7, 11) is 0. The third kappa shape index (κ3) is 2.03. The maximum absolute atomic E-state index is 5.45. The Hall–Kier alpha value is -1.46. The Bertz CT molecular complexity index is 809. The highest BCUT2D eigenvalue weighted by atomic mass is 79.9. The molecule has 0 radical (unpaired) electrons. The van der Waals surface area contributed by atoms with Gasteiger partial charge < -0.3 is 4.98 Å². The molecule has 0 amide bonds. The van der Waals surface area contributed by atoms with Crippen LogP contribution in [0.5, 0.6) is 0 Å². The lowest BCUT2D eigenvalue weighted by Gasteiger charge is -2.12. The first-order valence-electron chi connectivity index (χ1n) is 5.90. The van der Waals surface area contributed by atoms with E-state index in [1.165, 1.54) is 11.1 Å². The molecule has 2 aromatic heterocycles. The van der Waals surface area contributed by atoms with E-state index < -0.39 is 0 Å². The Morgan fingerprint density at radius 3 is 2.84 bits per heavy atom. The van der Waals surface area contributed by atoms with Gasteiger partial charge in [0.2, 0.25) is 0 Å². The summed E-state index contributed by atoms with van der Waals surface area (Å²) in [5, 5.41) is 0. The summed E-state index contributed by atoms with van der Waals surface area (Å²) in [6.07, 6.45) is 3.57. The van der Waals surface area contributed by atoms with Crippen molar-refractivity contribution >= 4 is 39.2 Å². The summed E-state index contributed by atoms with van der Waals surface area (Å²) in [4.78, 5) is 7.31. The molecule has 3 nitrogen and oxygen atoms in total. The van der Waals surface area contributed by atoms with Crippen LogP contribution in [0, 0.1) is 18.6 Å². The summed E-state index contributed by atoms with van der Waals surface area (Å²) < 4.78 is 3.76. The highest BCUT2D eigenvalue weighted by Gasteiger charge is 2.12. The van der Waals surface area contributed by atoms with Crippen LogP contribution in [0.1, 0.15) is 11.1 Å². The van der Waals surface area contributed by atoms with E-state index in [4.69, 9.17) is 12.2 Å². The molecule has 2 heterocycles. The Morgan fingerprint density at radius 1 is 1.32 bits per heavy atom. The Balaban J connectivity index is 2.43. The van der Waals surface area contributed by atoms with Crippen molar-refractivity contribution in [3.05, 3.63) is 51.0 Å². The van der Waals surface area contributed by atoms with E-state index in [2.05, 4.69) is 51.9 Å². The molecule has 5 heteroatoms. The molecule has 0 aliphatic rings. The molecule has 0 saturated heterocycles. The first-order valence-corrected chi connectivity index (χ1v) is 7.10. The number of imidazole rings is 1. The second-order valence-corrected chi connectivity index (χ2v) is 5.81. The molecule has 0 bridgehead atoms. The number of pyridine rings is 1. The molecule has 1 N–H and O–H groups in total. The SMILES string of the molecule is Cc1cc(C)c(-n2c(=S)[nH]c3cnccc32)c(Br)c1. The van der Waals surface area contributed by atoms with Crippen LogP contribution in [0.4, 0.5) is 0 Å². The number of aromatic amines is 1.